The Kier molecular flexibility index (Phi) is 2.70. The molecule has 7 heteroatoms. The Balaban J connectivity index is 1.86. The Morgan fingerprint density at radius 3 is 2.89 bits per heavy atom. The summed E-state index contributed by atoms with van der Waals surface area (Å²) < 4.78 is 26.0. The van der Waals surface area contributed by atoms with E-state index in [4.69, 9.17) is 0 Å². The van der Waals surface area contributed by atoms with Gasteiger partial charge >= 0.3 is 0 Å². The number of fused-ring (bicyclic) bond motifs is 1. The van der Waals surface area contributed by atoms with Gasteiger partial charge < -0.3 is 4.90 Å². The van der Waals surface area contributed by atoms with Crippen LogP contribution in [0.3, 0.4) is 0 Å². The van der Waals surface area contributed by atoms with Gasteiger partial charge in [0, 0.05) is 11.8 Å². The summed E-state index contributed by atoms with van der Waals surface area (Å²) >= 11 is 1.40. The third-order valence-electron chi connectivity index (χ3n) is 2.81. The first kappa shape index (κ1) is 11.5. The molecular formula is C11H9F2N3OS. The van der Waals surface area contributed by atoms with Gasteiger partial charge in [-0.05, 0) is 12.1 Å². The Morgan fingerprint density at radius 2 is 2.11 bits per heavy atom. The summed E-state index contributed by atoms with van der Waals surface area (Å²) in [5.41, 5.74) is 0.515. The molecule has 2 aliphatic heterocycles. The van der Waals surface area contributed by atoms with Gasteiger partial charge in [-0.15, -0.1) is 0 Å². The van der Waals surface area contributed by atoms with Gasteiger partial charge in [0.05, 0.1) is 5.75 Å². The van der Waals surface area contributed by atoms with E-state index < -0.39 is 11.6 Å². The molecule has 94 valence electrons. The SMILES string of the molecule is O=C1CSC2=NCN(c3ccc(F)c(F)c3)CN12. The molecule has 3 rings (SSSR count). The van der Waals surface area contributed by atoms with E-state index in [1.807, 2.05) is 0 Å². The van der Waals surface area contributed by atoms with E-state index in [-0.39, 0.29) is 5.91 Å². The minimum absolute atomic E-state index is 0.00830. The number of aliphatic imine (C=N–C) groups is 1. The summed E-state index contributed by atoms with van der Waals surface area (Å²) in [6.45, 7) is 0.674. The summed E-state index contributed by atoms with van der Waals surface area (Å²) in [5, 5.41) is 0.707. The lowest BCUT2D eigenvalue weighted by molar-refractivity contribution is -0.124. The van der Waals surface area contributed by atoms with E-state index in [1.54, 1.807) is 9.80 Å². The van der Waals surface area contributed by atoms with Crippen LogP contribution in [0.4, 0.5) is 14.5 Å². The molecule has 0 N–H and O–H groups in total. The van der Waals surface area contributed by atoms with Crippen LogP contribution in [0.5, 0.6) is 0 Å². The number of hydrogen-bond donors (Lipinski definition) is 0. The molecular weight excluding hydrogens is 260 g/mol. The zero-order valence-corrected chi connectivity index (χ0v) is 10.1. The normalized spacial score (nSPS) is 19.0. The van der Waals surface area contributed by atoms with Crippen LogP contribution in [-0.2, 0) is 4.79 Å². The summed E-state index contributed by atoms with van der Waals surface area (Å²) in [5.74, 6) is -1.40. The predicted octanol–water partition coefficient (Wildman–Crippen LogP) is 1.63. The van der Waals surface area contributed by atoms with Crippen molar-refractivity contribution in [2.75, 3.05) is 24.0 Å². The smallest absolute Gasteiger partial charge is 0.240 e. The van der Waals surface area contributed by atoms with Crippen molar-refractivity contribution in [3.05, 3.63) is 29.8 Å². The first-order chi connectivity index (χ1) is 8.65. The highest BCUT2D eigenvalue weighted by molar-refractivity contribution is 8.15. The van der Waals surface area contributed by atoms with Crippen LogP contribution in [0.1, 0.15) is 0 Å². The number of thioether (sulfide) groups is 1. The second-order valence-corrected chi connectivity index (χ2v) is 4.91. The average Bonchev–Trinajstić information content (AvgIpc) is 2.74. The Labute approximate surface area is 106 Å². The highest BCUT2D eigenvalue weighted by atomic mass is 32.2. The lowest BCUT2D eigenvalue weighted by Crippen LogP contribution is -2.45. The van der Waals surface area contributed by atoms with Gasteiger partial charge in [0.15, 0.2) is 16.8 Å². The van der Waals surface area contributed by atoms with E-state index in [0.717, 1.165) is 12.1 Å². The van der Waals surface area contributed by atoms with Crippen LogP contribution in [0, 0.1) is 11.6 Å². The number of halogens is 2. The number of hydrogen-bond acceptors (Lipinski definition) is 4. The molecule has 0 bridgehead atoms. The first-order valence-electron chi connectivity index (χ1n) is 5.33. The molecule has 1 aromatic rings. The van der Waals surface area contributed by atoms with Crippen molar-refractivity contribution < 1.29 is 13.6 Å². The fraction of sp³-hybridized carbons (Fsp3) is 0.273. The van der Waals surface area contributed by atoms with Crippen LogP contribution in [0.2, 0.25) is 0 Å². The van der Waals surface area contributed by atoms with Gasteiger partial charge in [-0.25, -0.2) is 13.8 Å². The molecule has 0 saturated carbocycles. The van der Waals surface area contributed by atoms with Crippen LogP contribution in [0.15, 0.2) is 23.2 Å². The zero-order valence-electron chi connectivity index (χ0n) is 9.27. The van der Waals surface area contributed by atoms with Crippen molar-refractivity contribution >= 4 is 28.5 Å². The molecule has 0 spiro atoms. The molecule has 0 radical (unpaired) electrons. The summed E-state index contributed by atoms with van der Waals surface area (Å²) in [6, 6.07) is 3.67. The molecule has 4 nitrogen and oxygen atoms in total. The summed E-state index contributed by atoms with van der Waals surface area (Å²) in [4.78, 5) is 19.1. The van der Waals surface area contributed by atoms with E-state index in [2.05, 4.69) is 4.99 Å². The van der Waals surface area contributed by atoms with Crippen molar-refractivity contribution in [3.63, 3.8) is 0 Å². The molecule has 1 fully saturated rings. The maximum atomic E-state index is 13.2. The van der Waals surface area contributed by atoms with Gasteiger partial charge in [-0.1, -0.05) is 11.8 Å². The number of amidine groups is 1. The summed E-state index contributed by atoms with van der Waals surface area (Å²) in [6.07, 6.45) is 0. The molecule has 0 aliphatic carbocycles. The fourth-order valence-corrected chi connectivity index (χ4v) is 2.74. The minimum Gasteiger partial charge on any atom is -0.334 e. The van der Waals surface area contributed by atoms with Crippen molar-refractivity contribution in [3.8, 4) is 0 Å². The van der Waals surface area contributed by atoms with E-state index in [9.17, 15) is 13.6 Å². The molecule has 1 saturated heterocycles. The van der Waals surface area contributed by atoms with Gasteiger partial charge in [0.2, 0.25) is 5.91 Å². The van der Waals surface area contributed by atoms with Crippen molar-refractivity contribution in [2.45, 2.75) is 0 Å². The molecule has 0 aromatic heterocycles. The fourth-order valence-electron chi connectivity index (χ4n) is 1.87. The van der Waals surface area contributed by atoms with Gasteiger partial charge in [-0.2, -0.15) is 0 Å². The van der Waals surface area contributed by atoms with Crippen LogP contribution in [0.25, 0.3) is 0 Å². The second-order valence-electron chi connectivity index (χ2n) is 3.97. The molecule has 0 atom stereocenters. The standard InChI is InChI=1S/C11H9F2N3OS/c12-8-2-1-7(3-9(8)13)15-5-14-11-16(6-15)10(17)4-18-11/h1-3H,4-6H2. The molecule has 1 aromatic carbocycles. The van der Waals surface area contributed by atoms with Gasteiger partial charge in [-0.3, -0.25) is 9.69 Å². The van der Waals surface area contributed by atoms with Crippen LogP contribution >= 0.6 is 11.8 Å². The largest absolute Gasteiger partial charge is 0.334 e. The van der Waals surface area contributed by atoms with Crippen molar-refractivity contribution in [2.24, 2.45) is 4.99 Å². The van der Waals surface area contributed by atoms with Crippen molar-refractivity contribution in [1.29, 1.82) is 0 Å². The van der Waals surface area contributed by atoms with Crippen LogP contribution in [-0.4, -0.2) is 35.1 Å². The molecule has 2 heterocycles. The monoisotopic (exact) mass is 269 g/mol. The van der Waals surface area contributed by atoms with E-state index in [1.165, 1.54) is 17.8 Å². The number of carbonyl (C=O) groups excluding carboxylic acids is 1. The predicted molar refractivity (Wildman–Crippen MR) is 65.3 cm³/mol. The van der Waals surface area contributed by atoms with Crippen LogP contribution < -0.4 is 4.90 Å². The minimum atomic E-state index is -0.899. The zero-order chi connectivity index (χ0) is 12.7. The number of benzene rings is 1. The first-order valence-corrected chi connectivity index (χ1v) is 6.31. The molecule has 1 amide bonds. The quantitative estimate of drug-likeness (QED) is 0.777. The Hall–Kier alpha value is -1.63. The Morgan fingerprint density at radius 1 is 1.28 bits per heavy atom. The maximum absolute atomic E-state index is 13.2. The molecule has 0 unspecified atom stereocenters. The maximum Gasteiger partial charge on any atom is 0.240 e. The number of rotatable bonds is 1. The number of amides is 1. The number of carbonyl (C=O) groups is 1. The molecule has 2 aliphatic rings. The summed E-state index contributed by atoms with van der Waals surface area (Å²) in [7, 11) is 0. The number of anilines is 1. The van der Waals surface area contributed by atoms with Crippen molar-refractivity contribution in [1.82, 2.24) is 4.90 Å². The topological polar surface area (TPSA) is 35.9 Å². The van der Waals surface area contributed by atoms with Gasteiger partial charge in [0.1, 0.15) is 13.3 Å². The average molecular weight is 269 g/mol. The lowest BCUT2D eigenvalue weighted by atomic mass is 10.3. The third kappa shape index (κ3) is 1.84. The number of nitrogens with zero attached hydrogens (tertiary/aromatic N) is 3. The van der Waals surface area contributed by atoms with E-state index >= 15 is 0 Å². The lowest BCUT2D eigenvalue weighted by Gasteiger charge is -2.32. The second kappa shape index (κ2) is 4.24. The van der Waals surface area contributed by atoms with Gasteiger partial charge in [0.25, 0.3) is 0 Å². The van der Waals surface area contributed by atoms with E-state index in [0.29, 0.717) is 29.9 Å². The third-order valence-corrected chi connectivity index (χ3v) is 3.81. The Bertz CT molecular complexity index is 549. The highest BCUT2D eigenvalue weighted by Crippen LogP contribution is 2.26. The molecule has 18 heavy (non-hydrogen) atoms. The highest BCUT2D eigenvalue weighted by Gasteiger charge is 2.32.